The number of amides is 1. The first-order valence-corrected chi connectivity index (χ1v) is 12.1. The summed E-state index contributed by atoms with van der Waals surface area (Å²) in [7, 11) is 1.60. The van der Waals surface area contributed by atoms with Crippen LogP contribution in [0.2, 0.25) is 0 Å². The number of nitrogens with zero attached hydrogens (tertiary/aromatic N) is 3. The smallest absolute Gasteiger partial charge is 0.267 e. The lowest BCUT2D eigenvalue weighted by molar-refractivity contribution is -0.122. The number of methoxy groups -OCH3 is 1. The van der Waals surface area contributed by atoms with Crippen molar-refractivity contribution >= 4 is 35.1 Å². The normalized spacial score (nSPS) is 16.2. The molecule has 1 aromatic heterocycles. The predicted octanol–water partition coefficient (Wildman–Crippen LogP) is 5.83. The zero-order valence-corrected chi connectivity index (χ0v) is 20.7. The molecule has 2 heterocycles. The molecule has 1 aliphatic rings. The van der Waals surface area contributed by atoms with Crippen LogP contribution in [0.4, 0.5) is 0 Å². The standard InChI is InChI=1S/C27H27N3O4S/c1-19(2)18-34-23-12-11-21(14-24(23)32-3)15-25-26(31)30(17-22-10-7-13-33-22)27(35-25)29-28-16-20-8-5-4-6-9-20/h4-16,19H,17-18H2,1-3H3/b25-15-,28-16+,29-27-. The van der Waals surface area contributed by atoms with Crippen molar-refractivity contribution in [1.82, 2.24) is 4.90 Å². The summed E-state index contributed by atoms with van der Waals surface area (Å²) in [4.78, 5) is 15.4. The van der Waals surface area contributed by atoms with Crippen molar-refractivity contribution < 1.29 is 18.7 Å². The average Bonchev–Trinajstić information content (AvgIpc) is 3.48. The second-order valence-electron chi connectivity index (χ2n) is 8.23. The van der Waals surface area contributed by atoms with Crippen LogP contribution in [0.3, 0.4) is 0 Å². The lowest BCUT2D eigenvalue weighted by Gasteiger charge is -2.13. The van der Waals surface area contributed by atoms with Crippen molar-refractivity contribution in [2.24, 2.45) is 16.1 Å². The number of hydrogen-bond acceptors (Lipinski definition) is 7. The Morgan fingerprint density at radius 1 is 1.06 bits per heavy atom. The van der Waals surface area contributed by atoms with E-state index in [1.165, 1.54) is 11.8 Å². The van der Waals surface area contributed by atoms with Crippen LogP contribution in [0.1, 0.15) is 30.7 Å². The maximum atomic E-state index is 13.3. The molecule has 0 atom stereocenters. The molecule has 4 rings (SSSR count). The Bertz CT molecular complexity index is 1230. The van der Waals surface area contributed by atoms with Crippen LogP contribution in [0.15, 0.2) is 86.5 Å². The molecular formula is C27H27N3O4S. The monoisotopic (exact) mass is 489 g/mol. The summed E-state index contributed by atoms with van der Waals surface area (Å²) in [6.07, 6.45) is 5.06. The third kappa shape index (κ3) is 6.42. The average molecular weight is 490 g/mol. The van der Waals surface area contributed by atoms with Crippen LogP contribution in [0.25, 0.3) is 6.08 Å². The molecule has 7 nitrogen and oxygen atoms in total. The van der Waals surface area contributed by atoms with Crippen molar-refractivity contribution in [2.45, 2.75) is 20.4 Å². The molecule has 2 aromatic carbocycles. The molecule has 35 heavy (non-hydrogen) atoms. The highest BCUT2D eigenvalue weighted by atomic mass is 32.2. The van der Waals surface area contributed by atoms with Gasteiger partial charge in [0.2, 0.25) is 0 Å². The number of carbonyl (C=O) groups excluding carboxylic acids is 1. The summed E-state index contributed by atoms with van der Waals surface area (Å²) in [5.74, 6) is 2.18. The highest BCUT2D eigenvalue weighted by Crippen LogP contribution is 2.35. The van der Waals surface area contributed by atoms with Gasteiger partial charge < -0.3 is 13.9 Å². The van der Waals surface area contributed by atoms with Crippen LogP contribution in [-0.2, 0) is 11.3 Å². The van der Waals surface area contributed by atoms with Crippen LogP contribution >= 0.6 is 11.8 Å². The number of furan rings is 1. The third-order valence-corrected chi connectivity index (χ3v) is 5.99. The van der Waals surface area contributed by atoms with Crippen molar-refractivity contribution in [3.63, 3.8) is 0 Å². The minimum Gasteiger partial charge on any atom is -0.493 e. The lowest BCUT2D eigenvalue weighted by Crippen LogP contribution is -2.28. The maximum Gasteiger partial charge on any atom is 0.267 e. The van der Waals surface area contributed by atoms with E-state index in [9.17, 15) is 4.79 Å². The number of thioether (sulfide) groups is 1. The molecular weight excluding hydrogens is 462 g/mol. The summed E-state index contributed by atoms with van der Waals surface area (Å²) in [5.41, 5.74) is 1.74. The topological polar surface area (TPSA) is 76.6 Å². The quantitative estimate of drug-likeness (QED) is 0.215. The molecule has 3 aromatic rings. The minimum absolute atomic E-state index is 0.167. The minimum atomic E-state index is -0.167. The zero-order chi connectivity index (χ0) is 24.6. The number of hydrogen-bond donors (Lipinski definition) is 0. The fourth-order valence-electron chi connectivity index (χ4n) is 3.27. The first-order valence-electron chi connectivity index (χ1n) is 11.2. The van der Waals surface area contributed by atoms with E-state index in [0.717, 1.165) is 11.1 Å². The fourth-order valence-corrected chi connectivity index (χ4v) is 4.20. The van der Waals surface area contributed by atoms with E-state index >= 15 is 0 Å². The number of benzene rings is 2. The molecule has 0 N–H and O–H groups in total. The number of rotatable bonds is 9. The Labute approximate surface area is 209 Å². The van der Waals surface area contributed by atoms with E-state index in [1.54, 1.807) is 30.6 Å². The third-order valence-electron chi connectivity index (χ3n) is 4.99. The van der Waals surface area contributed by atoms with Crippen molar-refractivity contribution in [3.8, 4) is 11.5 Å². The maximum absolute atomic E-state index is 13.3. The van der Waals surface area contributed by atoms with Gasteiger partial charge >= 0.3 is 0 Å². The molecule has 0 spiro atoms. The molecule has 1 saturated heterocycles. The molecule has 0 unspecified atom stereocenters. The summed E-state index contributed by atoms with van der Waals surface area (Å²) in [5, 5.41) is 9.03. The van der Waals surface area contributed by atoms with Crippen LogP contribution in [0, 0.1) is 5.92 Å². The second kappa shape index (κ2) is 11.6. The lowest BCUT2D eigenvalue weighted by atomic mass is 10.1. The summed E-state index contributed by atoms with van der Waals surface area (Å²) >= 11 is 1.27. The van der Waals surface area contributed by atoms with Gasteiger partial charge in [0, 0.05) is 0 Å². The van der Waals surface area contributed by atoms with Gasteiger partial charge in [0.25, 0.3) is 5.91 Å². The van der Waals surface area contributed by atoms with E-state index in [0.29, 0.717) is 39.9 Å². The van der Waals surface area contributed by atoms with E-state index in [1.807, 2.05) is 60.7 Å². The summed E-state index contributed by atoms with van der Waals surface area (Å²) < 4.78 is 16.8. The molecule has 0 aliphatic carbocycles. The van der Waals surface area contributed by atoms with E-state index in [-0.39, 0.29) is 12.5 Å². The molecule has 1 amide bonds. The Morgan fingerprint density at radius 2 is 1.89 bits per heavy atom. The number of ether oxygens (including phenoxy) is 2. The van der Waals surface area contributed by atoms with E-state index < -0.39 is 0 Å². The molecule has 180 valence electrons. The SMILES string of the molecule is COc1cc(/C=C2\S/C(=N\N=C\c3ccccc3)N(Cc3ccco3)C2=O)ccc1OCC(C)C. The van der Waals surface area contributed by atoms with Crippen molar-refractivity contribution in [1.29, 1.82) is 0 Å². The number of carbonyl (C=O) groups is 1. The molecule has 1 aliphatic heterocycles. The van der Waals surface area contributed by atoms with Crippen LogP contribution < -0.4 is 9.47 Å². The second-order valence-corrected chi connectivity index (χ2v) is 9.24. The van der Waals surface area contributed by atoms with Crippen LogP contribution in [-0.4, -0.2) is 35.9 Å². The van der Waals surface area contributed by atoms with Crippen molar-refractivity contribution in [2.75, 3.05) is 13.7 Å². The van der Waals surface area contributed by atoms with Gasteiger partial charge in [-0.2, -0.15) is 5.10 Å². The highest BCUT2D eigenvalue weighted by Gasteiger charge is 2.34. The van der Waals surface area contributed by atoms with Gasteiger partial charge in [-0.15, -0.1) is 5.10 Å². The van der Waals surface area contributed by atoms with Gasteiger partial charge in [0.05, 0.1) is 37.6 Å². The van der Waals surface area contributed by atoms with E-state index in [2.05, 4.69) is 24.1 Å². The predicted molar refractivity (Wildman–Crippen MR) is 140 cm³/mol. The van der Waals surface area contributed by atoms with Gasteiger partial charge in [0.15, 0.2) is 16.7 Å². The van der Waals surface area contributed by atoms with Crippen LogP contribution in [0.5, 0.6) is 11.5 Å². The molecule has 1 fully saturated rings. The Balaban J connectivity index is 1.59. The zero-order valence-electron chi connectivity index (χ0n) is 19.9. The Hall–Kier alpha value is -3.78. The van der Waals surface area contributed by atoms with Gasteiger partial charge in [-0.3, -0.25) is 9.69 Å². The molecule has 0 saturated carbocycles. The first-order chi connectivity index (χ1) is 17.0. The van der Waals surface area contributed by atoms with Gasteiger partial charge in [0.1, 0.15) is 5.76 Å². The molecule has 0 bridgehead atoms. The first kappa shape index (κ1) is 24.3. The van der Waals surface area contributed by atoms with Gasteiger partial charge in [-0.25, -0.2) is 0 Å². The fraction of sp³-hybridized carbons (Fsp3) is 0.222. The molecule has 8 heteroatoms. The Kier molecular flexibility index (Phi) is 8.05. The largest absolute Gasteiger partial charge is 0.493 e. The van der Waals surface area contributed by atoms with Gasteiger partial charge in [-0.1, -0.05) is 50.2 Å². The van der Waals surface area contributed by atoms with Gasteiger partial charge in [-0.05, 0) is 59.1 Å². The van der Waals surface area contributed by atoms with E-state index in [4.69, 9.17) is 13.9 Å². The summed E-state index contributed by atoms with van der Waals surface area (Å²) in [6, 6.07) is 18.9. The highest BCUT2D eigenvalue weighted by molar-refractivity contribution is 8.18. The number of amidine groups is 1. The Morgan fingerprint density at radius 3 is 2.60 bits per heavy atom. The van der Waals surface area contributed by atoms with Crippen molar-refractivity contribution in [3.05, 3.63) is 88.7 Å². The summed E-state index contributed by atoms with van der Waals surface area (Å²) in [6.45, 7) is 5.04. The molecule has 0 radical (unpaired) electrons.